The summed E-state index contributed by atoms with van der Waals surface area (Å²) in [6.07, 6.45) is 1.10. The standard InChI is InChI=1S/C15H24N4O2/c16-17-15(21)14-4-1-3-13(11-14)12-19-6-2-5-18(7-8-19)9-10-20/h1,3-4,11,20H,2,5-10,12,16H2,(H,17,21). The monoisotopic (exact) mass is 292 g/mol. The number of amides is 1. The second kappa shape index (κ2) is 8.09. The molecule has 1 fully saturated rings. The van der Waals surface area contributed by atoms with E-state index < -0.39 is 0 Å². The van der Waals surface area contributed by atoms with E-state index in [9.17, 15) is 4.79 Å². The van der Waals surface area contributed by atoms with Crippen LogP contribution in [0.1, 0.15) is 22.3 Å². The zero-order valence-corrected chi connectivity index (χ0v) is 12.3. The summed E-state index contributed by atoms with van der Waals surface area (Å²) >= 11 is 0. The normalized spacial score (nSPS) is 17.4. The Morgan fingerprint density at radius 3 is 2.76 bits per heavy atom. The van der Waals surface area contributed by atoms with Gasteiger partial charge in [0, 0.05) is 31.7 Å². The average Bonchev–Trinajstić information content (AvgIpc) is 2.73. The third kappa shape index (κ3) is 4.78. The molecule has 0 spiro atoms. The molecule has 21 heavy (non-hydrogen) atoms. The lowest BCUT2D eigenvalue weighted by Gasteiger charge is -2.21. The summed E-state index contributed by atoms with van der Waals surface area (Å²) in [7, 11) is 0. The van der Waals surface area contributed by atoms with Crippen LogP contribution < -0.4 is 11.3 Å². The first kappa shape index (κ1) is 15.9. The molecule has 1 aromatic rings. The molecule has 1 aliphatic rings. The van der Waals surface area contributed by atoms with Crippen LogP contribution in [0.2, 0.25) is 0 Å². The second-order valence-electron chi connectivity index (χ2n) is 5.37. The van der Waals surface area contributed by atoms with Crippen molar-refractivity contribution in [1.29, 1.82) is 0 Å². The van der Waals surface area contributed by atoms with Gasteiger partial charge in [-0.25, -0.2) is 5.84 Å². The zero-order chi connectivity index (χ0) is 15.1. The van der Waals surface area contributed by atoms with Gasteiger partial charge >= 0.3 is 0 Å². The van der Waals surface area contributed by atoms with Crippen LogP contribution in [0.5, 0.6) is 0 Å². The van der Waals surface area contributed by atoms with Gasteiger partial charge < -0.3 is 5.11 Å². The second-order valence-corrected chi connectivity index (χ2v) is 5.37. The summed E-state index contributed by atoms with van der Waals surface area (Å²) in [6, 6.07) is 7.56. The van der Waals surface area contributed by atoms with E-state index in [1.807, 2.05) is 18.2 Å². The third-order valence-electron chi connectivity index (χ3n) is 3.82. The fraction of sp³-hybridized carbons (Fsp3) is 0.533. The van der Waals surface area contributed by atoms with Gasteiger partial charge in [0.2, 0.25) is 0 Å². The average molecular weight is 292 g/mol. The van der Waals surface area contributed by atoms with Crippen molar-refractivity contribution in [2.45, 2.75) is 13.0 Å². The summed E-state index contributed by atoms with van der Waals surface area (Å²) in [5, 5.41) is 9.01. The van der Waals surface area contributed by atoms with Gasteiger partial charge in [0.1, 0.15) is 0 Å². The lowest BCUT2D eigenvalue weighted by atomic mass is 10.1. The van der Waals surface area contributed by atoms with E-state index in [1.165, 1.54) is 0 Å². The quantitative estimate of drug-likeness (QED) is 0.397. The Kier molecular flexibility index (Phi) is 6.13. The Labute approximate surface area is 125 Å². The minimum absolute atomic E-state index is 0.218. The number of carbonyl (C=O) groups is 1. The van der Waals surface area contributed by atoms with Crippen LogP contribution in [0.3, 0.4) is 0 Å². The number of nitrogens with zero attached hydrogens (tertiary/aromatic N) is 2. The van der Waals surface area contributed by atoms with Crippen LogP contribution in [0, 0.1) is 0 Å². The van der Waals surface area contributed by atoms with Crippen LogP contribution in [-0.2, 0) is 6.54 Å². The SMILES string of the molecule is NNC(=O)c1cccc(CN2CCCN(CCO)CC2)c1. The Bertz CT molecular complexity index is 467. The molecular formula is C15H24N4O2. The van der Waals surface area contributed by atoms with Crippen LogP contribution in [-0.4, -0.2) is 60.1 Å². The highest BCUT2D eigenvalue weighted by Gasteiger charge is 2.15. The number of carbonyl (C=O) groups excluding carboxylic acids is 1. The van der Waals surface area contributed by atoms with Crippen LogP contribution >= 0.6 is 0 Å². The molecule has 1 saturated heterocycles. The molecule has 1 aliphatic heterocycles. The van der Waals surface area contributed by atoms with Crippen molar-refractivity contribution < 1.29 is 9.90 Å². The lowest BCUT2D eigenvalue weighted by Crippen LogP contribution is -2.32. The van der Waals surface area contributed by atoms with Crippen molar-refractivity contribution in [1.82, 2.24) is 15.2 Å². The molecule has 6 heteroatoms. The molecule has 0 atom stereocenters. The Morgan fingerprint density at radius 1 is 1.24 bits per heavy atom. The van der Waals surface area contributed by atoms with E-state index in [0.717, 1.165) is 51.3 Å². The molecule has 116 valence electrons. The van der Waals surface area contributed by atoms with Gasteiger partial charge in [-0.05, 0) is 37.2 Å². The third-order valence-corrected chi connectivity index (χ3v) is 3.82. The van der Waals surface area contributed by atoms with E-state index >= 15 is 0 Å². The van der Waals surface area contributed by atoms with E-state index in [1.54, 1.807) is 6.07 Å². The van der Waals surface area contributed by atoms with Gasteiger partial charge in [0.05, 0.1) is 6.61 Å². The van der Waals surface area contributed by atoms with Crippen molar-refractivity contribution in [3.05, 3.63) is 35.4 Å². The molecule has 1 amide bonds. The molecule has 2 rings (SSSR count). The van der Waals surface area contributed by atoms with Gasteiger partial charge in [-0.1, -0.05) is 12.1 Å². The summed E-state index contributed by atoms with van der Waals surface area (Å²) < 4.78 is 0. The maximum atomic E-state index is 11.5. The number of benzene rings is 1. The number of nitrogens with one attached hydrogen (secondary N) is 1. The Hall–Kier alpha value is -1.47. The predicted octanol–water partition coefficient (Wildman–Crippen LogP) is -0.210. The van der Waals surface area contributed by atoms with Crippen LogP contribution in [0.4, 0.5) is 0 Å². The largest absolute Gasteiger partial charge is 0.395 e. The number of rotatable bonds is 5. The summed E-state index contributed by atoms with van der Waals surface area (Å²) in [4.78, 5) is 16.2. The number of β-amino-alcohol motifs (C(OH)–C–C–N with tert-alkyl or cyclic N) is 1. The van der Waals surface area contributed by atoms with E-state index in [-0.39, 0.29) is 12.5 Å². The molecule has 1 aromatic carbocycles. The first-order chi connectivity index (χ1) is 10.2. The van der Waals surface area contributed by atoms with Crippen molar-refractivity contribution in [3.63, 3.8) is 0 Å². The number of nitrogen functional groups attached to an aromatic ring is 1. The molecule has 0 bridgehead atoms. The summed E-state index contributed by atoms with van der Waals surface area (Å²) in [5.41, 5.74) is 3.87. The first-order valence-corrected chi connectivity index (χ1v) is 7.38. The highest BCUT2D eigenvalue weighted by atomic mass is 16.3. The molecule has 6 nitrogen and oxygen atoms in total. The van der Waals surface area contributed by atoms with Crippen LogP contribution in [0.25, 0.3) is 0 Å². The number of nitrogens with two attached hydrogens (primary N) is 1. The van der Waals surface area contributed by atoms with E-state index in [2.05, 4.69) is 15.2 Å². The topological polar surface area (TPSA) is 81.8 Å². The van der Waals surface area contributed by atoms with Gasteiger partial charge in [0.25, 0.3) is 5.91 Å². The summed E-state index contributed by atoms with van der Waals surface area (Å²) in [6.45, 7) is 5.83. The van der Waals surface area contributed by atoms with Crippen LogP contribution in [0.15, 0.2) is 24.3 Å². The van der Waals surface area contributed by atoms with Gasteiger partial charge in [-0.15, -0.1) is 0 Å². The van der Waals surface area contributed by atoms with Gasteiger partial charge in [-0.3, -0.25) is 20.0 Å². The fourth-order valence-electron chi connectivity index (χ4n) is 2.70. The van der Waals surface area contributed by atoms with Gasteiger partial charge in [-0.2, -0.15) is 0 Å². The number of aliphatic hydroxyl groups excluding tert-OH is 1. The molecule has 0 radical (unpaired) electrons. The highest BCUT2D eigenvalue weighted by molar-refractivity contribution is 5.93. The lowest BCUT2D eigenvalue weighted by molar-refractivity contribution is 0.0953. The highest BCUT2D eigenvalue weighted by Crippen LogP contribution is 2.11. The number of hydrogen-bond donors (Lipinski definition) is 3. The van der Waals surface area contributed by atoms with Crippen molar-refractivity contribution in [2.75, 3.05) is 39.3 Å². The minimum Gasteiger partial charge on any atom is -0.395 e. The van der Waals surface area contributed by atoms with E-state index in [0.29, 0.717) is 5.56 Å². The Morgan fingerprint density at radius 2 is 2.00 bits per heavy atom. The molecule has 1 heterocycles. The number of hydrogen-bond acceptors (Lipinski definition) is 5. The number of hydrazine groups is 1. The molecule has 0 aromatic heterocycles. The molecule has 0 saturated carbocycles. The Balaban J connectivity index is 1.93. The van der Waals surface area contributed by atoms with Gasteiger partial charge in [0.15, 0.2) is 0 Å². The molecule has 0 aliphatic carbocycles. The maximum Gasteiger partial charge on any atom is 0.265 e. The van der Waals surface area contributed by atoms with Crippen molar-refractivity contribution in [2.24, 2.45) is 5.84 Å². The van der Waals surface area contributed by atoms with Crippen molar-refractivity contribution >= 4 is 5.91 Å². The first-order valence-electron chi connectivity index (χ1n) is 7.38. The smallest absolute Gasteiger partial charge is 0.265 e. The summed E-state index contributed by atoms with van der Waals surface area (Å²) in [5.74, 6) is 4.90. The fourth-order valence-corrected chi connectivity index (χ4v) is 2.70. The molecular weight excluding hydrogens is 268 g/mol. The zero-order valence-electron chi connectivity index (χ0n) is 12.3. The predicted molar refractivity (Wildman–Crippen MR) is 81.5 cm³/mol. The maximum absolute atomic E-state index is 11.5. The molecule has 4 N–H and O–H groups in total. The van der Waals surface area contributed by atoms with Crippen molar-refractivity contribution in [3.8, 4) is 0 Å². The van der Waals surface area contributed by atoms with E-state index in [4.69, 9.17) is 10.9 Å². The minimum atomic E-state index is -0.262. The number of aliphatic hydroxyl groups is 1. The molecule has 0 unspecified atom stereocenters.